The molecule has 2 fully saturated rings. The maximum atomic E-state index is 11.9. The predicted molar refractivity (Wildman–Crippen MR) is 77.6 cm³/mol. The van der Waals surface area contributed by atoms with Gasteiger partial charge in [-0.15, -0.1) is 0 Å². The van der Waals surface area contributed by atoms with Crippen LogP contribution < -0.4 is 5.32 Å². The summed E-state index contributed by atoms with van der Waals surface area (Å²) in [6, 6.07) is 8.63. The van der Waals surface area contributed by atoms with Crippen LogP contribution in [0.3, 0.4) is 0 Å². The molecule has 0 radical (unpaired) electrons. The monoisotopic (exact) mass is 255 g/mol. The maximum absolute atomic E-state index is 11.9. The second-order valence-corrected chi connectivity index (χ2v) is 6.03. The Kier molecular flexibility index (Phi) is 3.41. The zero-order valence-electron chi connectivity index (χ0n) is 11.4. The topological polar surface area (TPSA) is 29.1 Å². The Hall–Kier alpha value is -1.57. The number of hydrogen-bond donors (Lipinski definition) is 1. The SMILES string of the molecule is Cc1ccc(/C=C/C(=O)N[C@@H]2C[C@H]3CC[C@H]2C3)cc1. The van der Waals surface area contributed by atoms with Gasteiger partial charge in [0, 0.05) is 12.1 Å². The molecule has 0 saturated heterocycles. The van der Waals surface area contributed by atoms with Gasteiger partial charge in [-0.05, 0) is 49.7 Å². The van der Waals surface area contributed by atoms with Gasteiger partial charge in [-0.2, -0.15) is 0 Å². The van der Waals surface area contributed by atoms with Crippen molar-refractivity contribution in [3.05, 3.63) is 41.5 Å². The molecular formula is C17H21NO. The summed E-state index contributed by atoms with van der Waals surface area (Å²) in [4.78, 5) is 11.9. The van der Waals surface area contributed by atoms with E-state index in [9.17, 15) is 4.79 Å². The molecule has 19 heavy (non-hydrogen) atoms. The zero-order valence-corrected chi connectivity index (χ0v) is 11.4. The van der Waals surface area contributed by atoms with E-state index >= 15 is 0 Å². The Morgan fingerprint density at radius 1 is 1.21 bits per heavy atom. The predicted octanol–water partition coefficient (Wildman–Crippen LogP) is 3.31. The highest BCUT2D eigenvalue weighted by molar-refractivity contribution is 5.91. The summed E-state index contributed by atoms with van der Waals surface area (Å²) in [5, 5.41) is 3.17. The van der Waals surface area contributed by atoms with E-state index in [1.165, 1.54) is 31.2 Å². The Balaban J connectivity index is 1.55. The fourth-order valence-corrected chi connectivity index (χ4v) is 3.50. The van der Waals surface area contributed by atoms with E-state index in [2.05, 4.69) is 24.4 Å². The molecule has 1 amide bonds. The molecule has 1 aromatic rings. The molecular weight excluding hydrogens is 234 g/mol. The molecule has 2 aliphatic carbocycles. The number of carbonyl (C=O) groups is 1. The summed E-state index contributed by atoms with van der Waals surface area (Å²) < 4.78 is 0. The molecule has 2 nitrogen and oxygen atoms in total. The summed E-state index contributed by atoms with van der Waals surface area (Å²) >= 11 is 0. The number of benzene rings is 1. The number of amides is 1. The van der Waals surface area contributed by atoms with E-state index in [1.807, 2.05) is 18.2 Å². The third-order valence-corrected chi connectivity index (χ3v) is 4.57. The Labute approximate surface area is 114 Å². The minimum atomic E-state index is 0.0538. The lowest BCUT2D eigenvalue weighted by Gasteiger charge is -2.22. The average molecular weight is 255 g/mol. The second kappa shape index (κ2) is 5.20. The number of hydrogen-bond acceptors (Lipinski definition) is 1. The minimum absolute atomic E-state index is 0.0538. The second-order valence-electron chi connectivity index (χ2n) is 6.03. The first-order chi connectivity index (χ1) is 9.20. The van der Waals surface area contributed by atoms with Gasteiger partial charge in [-0.1, -0.05) is 36.2 Å². The van der Waals surface area contributed by atoms with Crippen LogP contribution in [-0.4, -0.2) is 11.9 Å². The third-order valence-electron chi connectivity index (χ3n) is 4.57. The van der Waals surface area contributed by atoms with Crippen molar-refractivity contribution >= 4 is 12.0 Å². The van der Waals surface area contributed by atoms with Gasteiger partial charge in [-0.3, -0.25) is 4.79 Å². The van der Waals surface area contributed by atoms with E-state index in [1.54, 1.807) is 6.08 Å². The minimum Gasteiger partial charge on any atom is -0.350 e. The summed E-state index contributed by atoms with van der Waals surface area (Å²) in [5.74, 6) is 1.66. The molecule has 3 rings (SSSR count). The summed E-state index contributed by atoms with van der Waals surface area (Å²) in [5.41, 5.74) is 2.32. The molecule has 0 heterocycles. The van der Waals surface area contributed by atoms with Crippen LogP contribution in [0.1, 0.15) is 36.8 Å². The van der Waals surface area contributed by atoms with Gasteiger partial charge < -0.3 is 5.32 Å². The van der Waals surface area contributed by atoms with Gasteiger partial charge in [-0.25, -0.2) is 0 Å². The van der Waals surface area contributed by atoms with Crippen molar-refractivity contribution in [3.8, 4) is 0 Å². The van der Waals surface area contributed by atoms with Crippen molar-refractivity contribution < 1.29 is 4.79 Å². The molecule has 0 spiro atoms. The van der Waals surface area contributed by atoms with Crippen molar-refractivity contribution in [3.63, 3.8) is 0 Å². The molecule has 100 valence electrons. The largest absolute Gasteiger partial charge is 0.350 e. The highest BCUT2D eigenvalue weighted by atomic mass is 16.1. The lowest BCUT2D eigenvalue weighted by atomic mass is 9.95. The van der Waals surface area contributed by atoms with Gasteiger partial charge in [0.05, 0.1) is 0 Å². The summed E-state index contributed by atoms with van der Waals surface area (Å²) in [7, 11) is 0. The fraction of sp³-hybridized carbons (Fsp3) is 0.471. The van der Waals surface area contributed by atoms with Crippen molar-refractivity contribution in [2.45, 2.75) is 38.6 Å². The van der Waals surface area contributed by atoms with Gasteiger partial charge in [0.1, 0.15) is 0 Å². The van der Waals surface area contributed by atoms with Crippen molar-refractivity contribution in [2.75, 3.05) is 0 Å². The Morgan fingerprint density at radius 2 is 2.00 bits per heavy atom. The van der Waals surface area contributed by atoms with E-state index in [0.29, 0.717) is 6.04 Å². The molecule has 2 saturated carbocycles. The highest BCUT2D eigenvalue weighted by Crippen LogP contribution is 2.44. The van der Waals surface area contributed by atoms with E-state index in [0.717, 1.165) is 17.4 Å². The molecule has 0 aromatic heterocycles. The number of rotatable bonds is 3. The molecule has 2 aliphatic rings. The third kappa shape index (κ3) is 2.89. The fourth-order valence-electron chi connectivity index (χ4n) is 3.50. The van der Waals surface area contributed by atoms with E-state index < -0.39 is 0 Å². The average Bonchev–Trinajstić information content (AvgIpc) is 3.00. The first-order valence-electron chi connectivity index (χ1n) is 7.26. The number of carbonyl (C=O) groups excluding carboxylic acids is 1. The van der Waals surface area contributed by atoms with Crippen LogP contribution in [0.4, 0.5) is 0 Å². The molecule has 1 N–H and O–H groups in total. The molecule has 2 heteroatoms. The number of aryl methyl sites for hydroxylation is 1. The Morgan fingerprint density at radius 3 is 2.63 bits per heavy atom. The lowest BCUT2D eigenvalue weighted by Crippen LogP contribution is -2.37. The van der Waals surface area contributed by atoms with Crippen LogP contribution in [0.5, 0.6) is 0 Å². The Bertz CT molecular complexity index is 488. The standard InChI is InChI=1S/C17H21NO/c1-12-2-4-13(5-3-12)7-9-17(19)18-16-11-14-6-8-15(16)10-14/h2-5,7,9,14-16H,6,8,10-11H2,1H3,(H,18,19)/b9-7+/t14-,15-,16+/m0/s1. The first-order valence-corrected chi connectivity index (χ1v) is 7.26. The maximum Gasteiger partial charge on any atom is 0.244 e. The van der Waals surface area contributed by atoms with Crippen LogP contribution in [0.25, 0.3) is 6.08 Å². The summed E-state index contributed by atoms with van der Waals surface area (Å²) in [6.07, 6.45) is 8.74. The normalized spacial score (nSPS) is 29.0. The van der Waals surface area contributed by atoms with E-state index in [4.69, 9.17) is 0 Å². The lowest BCUT2D eigenvalue weighted by molar-refractivity contribution is -0.117. The zero-order chi connectivity index (χ0) is 13.2. The van der Waals surface area contributed by atoms with Gasteiger partial charge in [0.15, 0.2) is 0 Å². The smallest absolute Gasteiger partial charge is 0.244 e. The summed E-state index contributed by atoms with van der Waals surface area (Å²) in [6.45, 7) is 2.06. The quantitative estimate of drug-likeness (QED) is 0.825. The molecule has 0 aliphatic heterocycles. The van der Waals surface area contributed by atoms with Gasteiger partial charge in [0.2, 0.25) is 5.91 Å². The molecule has 3 atom stereocenters. The van der Waals surface area contributed by atoms with Gasteiger partial charge >= 0.3 is 0 Å². The highest BCUT2D eigenvalue weighted by Gasteiger charge is 2.39. The number of fused-ring (bicyclic) bond motifs is 2. The van der Waals surface area contributed by atoms with Crippen LogP contribution in [0.2, 0.25) is 0 Å². The molecule has 1 aromatic carbocycles. The van der Waals surface area contributed by atoms with Gasteiger partial charge in [0.25, 0.3) is 0 Å². The first kappa shape index (κ1) is 12.5. The van der Waals surface area contributed by atoms with Crippen molar-refractivity contribution in [1.29, 1.82) is 0 Å². The van der Waals surface area contributed by atoms with Crippen molar-refractivity contribution in [1.82, 2.24) is 5.32 Å². The molecule has 2 bridgehead atoms. The number of nitrogens with one attached hydrogen (secondary N) is 1. The van der Waals surface area contributed by atoms with Crippen LogP contribution >= 0.6 is 0 Å². The van der Waals surface area contributed by atoms with Crippen LogP contribution in [0.15, 0.2) is 30.3 Å². The van der Waals surface area contributed by atoms with Crippen molar-refractivity contribution in [2.24, 2.45) is 11.8 Å². The molecule has 0 unspecified atom stereocenters. The van der Waals surface area contributed by atoms with E-state index in [-0.39, 0.29) is 5.91 Å². The van der Waals surface area contributed by atoms with Crippen LogP contribution in [-0.2, 0) is 4.79 Å². The van der Waals surface area contributed by atoms with Crippen LogP contribution in [0, 0.1) is 18.8 Å².